The lowest BCUT2D eigenvalue weighted by molar-refractivity contribution is 0.295. The van der Waals surface area contributed by atoms with E-state index in [0.717, 1.165) is 11.8 Å². The third-order valence-corrected chi connectivity index (χ3v) is 2.67. The Labute approximate surface area is 68.1 Å². The highest BCUT2D eigenvalue weighted by Crippen LogP contribution is 2.25. The first-order chi connectivity index (χ1) is 4.83. The summed E-state index contributed by atoms with van der Waals surface area (Å²) in [6.07, 6.45) is 4.27. The van der Waals surface area contributed by atoms with Crippen LogP contribution in [0.2, 0.25) is 0 Å². The van der Waals surface area contributed by atoms with Gasteiger partial charge < -0.3 is 5.32 Å². The predicted molar refractivity (Wildman–Crippen MR) is 45.5 cm³/mol. The average molecular weight is 162 g/mol. The van der Waals surface area contributed by atoms with Crippen LogP contribution in [0.4, 0.5) is 0 Å². The van der Waals surface area contributed by atoms with E-state index in [4.69, 9.17) is 11.6 Å². The van der Waals surface area contributed by atoms with Crippen LogP contribution in [0.1, 0.15) is 26.2 Å². The summed E-state index contributed by atoms with van der Waals surface area (Å²) in [6.45, 7) is 3.31. The summed E-state index contributed by atoms with van der Waals surface area (Å²) in [5.41, 5.74) is 0. The number of halogens is 1. The minimum absolute atomic E-state index is 0.488. The standard InChI is InChI=1S/C8H16ClN/c1-7(5-9)10-6-8-3-2-4-8/h7-8,10H,2-6H2,1H3. The van der Waals surface area contributed by atoms with Crippen molar-refractivity contribution in [3.8, 4) is 0 Å². The molecule has 0 bridgehead atoms. The van der Waals surface area contributed by atoms with Crippen molar-refractivity contribution in [1.29, 1.82) is 0 Å². The van der Waals surface area contributed by atoms with E-state index in [1.54, 1.807) is 0 Å². The highest BCUT2D eigenvalue weighted by molar-refractivity contribution is 6.18. The molecule has 1 rings (SSSR count). The van der Waals surface area contributed by atoms with Gasteiger partial charge in [-0.25, -0.2) is 0 Å². The van der Waals surface area contributed by atoms with E-state index in [1.807, 2.05) is 0 Å². The molecule has 1 fully saturated rings. The molecule has 1 saturated carbocycles. The monoisotopic (exact) mass is 161 g/mol. The van der Waals surface area contributed by atoms with E-state index >= 15 is 0 Å². The maximum Gasteiger partial charge on any atom is 0.0374 e. The van der Waals surface area contributed by atoms with Crippen LogP contribution in [0.5, 0.6) is 0 Å². The van der Waals surface area contributed by atoms with Crippen molar-refractivity contribution < 1.29 is 0 Å². The Morgan fingerprint density at radius 1 is 1.60 bits per heavy atom. The van der Waals surface area contributed by atoms with Crippen LogP contribution in [-0.4, -0.2) is 18.5 Å². The van der Waals surface area contributed by atoms with E-state index in [9.17, 15) is 0 Å². The molecule has 0 aromatic rings. The Hall–Kier alpha value is 0.250. The zero-order chi connectivity index (χ0) is 7.40. The molecule has 1 aliphatic rings. The van der Waals surface area contributed by atoms with Gasteiger partial charge in [-0.05, 0) is 32.2 Å². The summed E-state index contributed by atoms with van der Waals surface area (Å²) in [4.78, 5) is 0. The first-order valence-corrected chi connectivity index (χ1v) is 4.65. The minimum atomic E-state index is 0.488. The summed E-state index contributed by atoms with van der Waals surface area (Å²) in [5, 5.41) is 3.40. The fourth-order valence-corrected chi connectivity index (χ4v) is 1.23. The van der Waals surface area contributed by atoms with Gasteiger partial charge in [-0.3, -0.25) is 0 Å². The highest BCUT2D eigenvalue weighted by atomic mass is 35.5. The van der Waals surface area contributed by atoms with E-state index in [1.165, 1.54) is 25.8 Å². The van der Waals surface area contributed by atoms with Crippen molar-refractivity contribution in [2.75, 3.05) is 12.4 Å². The van der Waals surface area contributed by atoms with Crippen molar-refractivity contribution in [2.24, 2.45) is 5.92 Å². The topological polar surface area (TPSA) is 12.0 Å². The van der Waals surface area contributed by atoms with Crippen LogP contribution < -0.4 is 5.32 Å². The molecule has 0 aromatic carbocycles. The summed E-state index contributed by atoms with van der Waals surface area (Å²) >= 11 is 5.63. The minimum Gasteiger partial charge on any atom is -0.313 e. The normalized spacial score (nSPS) is 22.2. The maximum atomic E-state index is 5.63. The van der Waals surface area contributed by atoms with Crippen LogP contribution in [0.3, 0.4) is 0 Å². The van der Waals surface area contributed by atoms with Crippen molar-refractivity contribution in [3.63, 3.8) is 0 Å². The van der Waals surface area contributed by atoms with Gasteiger partial charge in [0, 0.05) is 11.9 Å². The molecule has 0 aliphatic heterocycles. The van der Waals surface area contributed by atoms with Crippen LogP contribution in [-0.2, 0) is 0 Å². The molecule has 60 valence electrons. The molecular weight excluding hydrogens is 146 g/mol. The number of rotatable bonds is 4. The zero-order valence-electron chi connectivity index (χ0n) is 6.57. The lowest BCUT2D eigenvalue weighted by atomic mass is 9.85. The number of hydrogen-bond donors (Lipinski definition) is 1. The molecule has 0 heterocycles. The second-order valence-corrected chi connectivity index (χ2v) is 3.57. The van der Waals surface area contributed by atoms with Crippen molar-refractivity contribution in [3.05, 3.63) is 0 Å². The van der Waals surface area contributed by atoms with Crippen molar-refractivity contribution in [2.45, 2.75) is 32.2 Å². The predicted octanol–water partition coefficient (Wildman–Crippen LogP) is 2.00. The molecule has 2 heteroatoms. The molecule has 1 unspecified atom stereocenters. The maximum absolute atomic E-state index is 5.63. The van der Waals surface area contributed by atoms with Gasteiger partial charge in [0.05, 0.1) is 0 Å². The molecular formula is C8H16ClN. The molecule has 0 radical (unpaired) electrons. The van der Waals surface area contributed by atoms with Gasteiger partial charge in [0.15, 0.2) is 0 Å². The number of nitrogens with one attached hydrogen (secondary N) is 1. The first-order valence-electron chi connectivity index (χ1n) is 4.12. The fraction of sp³-hybridized carbons (Fsp3) is 1.00. The zero-order valence-corrected chi connectivity index (χ0v) is 7.32. The van der Waals surface area contributed by atoms with Crippen molar-refractivity contribution in [1.82, 2.24) is 5.32 Å². The van der Waals surface area contributed by atoms with Gasteiger partial charge in [0.25, 0.3) is 0 Å². The summed E-state index contributed by atoms with van der Waals surface area (Å²) < 4.78 is 0. The Bertz CT molecular complexity index is 86.5. The lowest BCUT2D eigenvalue weighted by Gasteiger charge is -2.26. The average Bonchev–Trinajstić information content (AvgIpc) is 1.84. The van der Waals surface area contributed by atoms with E-state index in [2.05, 4.69) is 12.2 Å². The van der Waals surface area contributed by atoms with Crippen molar-refractivity contribution >= 4 is 11.6 Å². The molecule has 1 nitrogen and oxygen atoms in total. The third kappa shape index (κ3) is 2.47. The summed E-state index contributed by atoms with van der Waals surface area (Å²) in [5.74, 6) is 1.68. The van der Waals surface area contributed by atoms with Gasteiger partial charge in [-0.1, -0.05) is 6.42 Å². The van der Waals surface area contributed by atoms with Crippen LogP contribution in [0, 0.1) is 5.92 Å². The Morgan fingerprint density at radius 3 is 2.70 bits per heavy atom. The molecule has 0 amide bonds. The van der Waals surface area contributed by atoms with Gasteiger partial charge in [0.2, 0.25) is 0 Å². The van der Waals surface area contributed by atoms with E-state index in [0.29, 0.717) is 6.04 Å². The Morgan fingerprint density at radius 2 is 2.30 bits per heavy atom. The Kier molecular flexibility index (Phi) is 3.50. The second kappa shape index (κ2) is 4.20. The molecule has 1 atom stereocenters. The SMILES string of the molecule is CC(CCl)NCC1CCC1. The molecule has 0 aromatic heterocycles. The Balaban J connectivity index is 1.93. The molecule has 10 heavy (non-hydrogen) atoms. The van der Waals surface area contributed by atoms with Crippen LogP contribution in [0.15, 0.2) is 0 Å². The smallest absolute Gasteiger partial charge is 0.0374 e. The number of hydrogen-bond acceptors (Lipinski definition) is 1. The van der Waals surface area contributed by atoms with Gasteiger partial charge in [-0.2, -0.15) is 0 Å². The third-order valence-electron chi connectivity index (χ3n) is 2.21. The summed E-state index contributed by atoms with van der Waals surface area (Å²) in [7, 11) is 0. The second-order valence-electron chi connectivity index (χ2n) is 3.26. The highest BCUT2D eigenvalue weighted by Gasteiger charge is 2.16. The van der Waals surface area contributed by atoms with Crippen LogP contribution in [0.25, 0.3) is 0 Å². The van der Waals surface area contributed by atoms with E-state index in [-0.39, 0.29) is 0 Å². The largest absolute Gasteiger partial charge is 0.313 e. The first kappa shape index (κ1) is 8.35. The quantitative estimate of drug-likeness (QED) is 0.622. The molecule has 0 saturated heterocycles. The fourth-order valence-electron chi connectivity index (χ4n) is 1.12. The lowest BCUT2D eigenvalue weighted by Crippen LogP contribution is -2.34. The van der Waals surface area contributed by atoms with Crippen LogP contribution >= 0.6 is 11.6 Å². The van der Waals surface area contributed by atoms with Gasteiger partial charge >= 0.3 is 0 Å². The van der Waals surface area contributed by atoms with Gasteiger partial charge in [0.1, 0.15) is 0 Å². The molecule has 1 N–H and O–H groups in total. The number of alkyl halides is 1. The molecule has 0 spiro atoms. The van der Waals surface area contributed by atoms with Gasteiger partial charge in [-0.15, -0.1) is 11.6 Å². The molecule has 1 aliphatic carbocycles. The summed E-state index contributed by atoms with van der Waals surface area (Å²) in [6, 6.07) is 0.488. The van der Waals surface area contributed by atoms with E-state index < -0.39 is 0 Å².